The number of aliphatic imine (C=N–C) groups is 1. The monoisotopic (exact) mass is 454 g/mol. The molecule has 5 nitrogen and oxygen atoms in total. The molecule has 146 valence electrons. The Hall–Kier alpha value is -1.54. The van der Waals surface area contributed by atoms with Crippen LogP contribution in [0, 0.1) is 0 Å². The zero-order chi connectivity index (χ0) is 19.9. The second-order valence-corrected chi connectivity index (χ2v) is 10.9. The molecule has 2 aliphatic rings. The molecule has 28 heavy (non-hydrogen) atoms. The molecule has 9 heteroatoms. The molecule has 2 atom stereocenters. The summed E-state index contributed by atoms with van der Waals surface area (Å²) in [4.78, 5) is 18.7. The van der Waals surface area contributed by atoms with Crippen molar-refractivity contribution in [2.24, 2.45) is 4.99 Å². The summed E-state index contributed by atoms with van der Waals surface area (Å²) in [6.07, 6.45) is 0.0841. The highest BCUT2D eigenvalue weighted by Gasteiger charge is 2.49. The van der Waals surface area contributed by atoms with Crippen LogP contribution in [0.4, 0.5) is 5.69 Å². The first kappa shape index (κ1) is 19.8. The van der Waals surface area contributed by atoms with Crippen molar-refractivity contribution < 1.29 is 13.2 Å². The number of anilines is 1. The van der Waals surface area contributed by atoms with Gasteiger partial charge < -0.3 is 4.90 Å². The van der Waals surface area contributed by atoms with E-state index in [0.717, 1.165) is 5.69 Å². The van der Waals surface area contributed by atoms with Gasteiger partial charge in [0.25, 0.3) is 5.91 Å². The number of rotatable bonds is 3. The number of nitrogens with zero attached hydrogens (tertiary/aromatic N) is 2. The third-order valence-electron chi connectivity index (χ3n) is 4.67. The van der Waals surface area contributed by atoms with Crippen molar-refractivity contribution in [3.8, 4) is 0 Å². The smallest absolute Gasteiger partial charge is 0.252 e. The molecule has 0 bridgehead atoms. The first-order valence-corrected chi connectivity index (χ1v) is 12.0. The van der Waals surface area contributed by atoms with Crippen molar-refractivity contribution in [3.05, 3.63) is 64.1 Å². The Morgan fingerprint density at radius 2 is 1.93 bits per heavy atom. The SMILES string of the molecule is O=C(Cc1ccccc1Cl)N=C1S[C@@H]2CS(=O)(=O)C[C@@H]2N1c1cccc(Cl)c1. The van der Waals surface area contributed by atoms with E-state index in [1.54, 1.807) is 36.4 Å². The number of amidine groups is 1. The number of carbonyl (C=O) groups excluding carboxylic acids is 1. The van der Waals surface area contributed by atoms with Crippen LogP contribution in [-0.2, 0) is 21.1 Å². The number of halogens is 2. The van der Waals surface area contributed by atoms with Crippen LogP contribution in [0.1, 0.15) is 5.56 Å². The van der Waals surface area contributed by atoms with Gasteiger partial charge >= 0.3 is 0 Å². The first-order valence-electron chi connectivity index (χ1n) is 8.59. The summed E-state index contributed by atoms with van der Waals surface area (Å²) in [6, 6.07) is 14.0. The van der Waals surface area contributed by atoms with Crippen molar-refractivity contribution in [1.82, 2.24) is 0 Å². The molecule has 0 saturated carbocycles. The molecule has 2 saturated heterocycles. The Labute approximate surface area is 177 Å². The second kappa shape index (κ2) is 7.71. The van der Waals surface area contributed by atoms with E-state index in [-0.39, 0.29) is 35.1 Å². The number of hydrogen-bond acceptors (Lipinski definition) is 4. The minimum atomic E-state index is -3.12. The van der Waals surface area contributed by atoms with Gasteiger partial charge in [-0.25, -0.2) is 8.42 Å². The normalized spacial score (nSPS) is 24.5. The Balaban J connectivity index is 1.66. The molecule has 2 fully saturated rings. The van der Waals surface area contributed by atoms with Crippen molar-refractivity contribution >= 4 is 61.6 Å². The van der Waals surface area contributed by atoms with E-state index < -0.39 is 9.84 Å². The van der Waals surface area contributed by atoms with E-state index in [0.29, 0.717) is 20.8 Å². The molecule has 0 aliphatic carbocycles. The summed E-state index contributed by atoms with van der Waals surface area (Å²) in [6.45, 7) is 0. The van der Waals surface area contributed by atoms with Gasteiger partial charge in [0.05, 0.1) is 24.0 Å². The highest BCUT2D eigenvalue weighted by Crippen LogP contribution is 2.41. The topological polar surface area (TPSA) is 66.8 Å². The molecule has 4 rings (SSSR count). The van der Waals surface area contributed by atoms with Gasteiger partial charge in [-0.05, 0) is 29.8 Å². The maximum Gasteiger partial charge on any atom is 0.252 e. The zero-order valence-corrected chi connectivity index (χ0v) is 17.7. The zero-order valence-electron chi connectivity index (χ0n) is 14.6. The lowest BCUT2D eigenvalue weighted by Gasteiger charge is -2.24. The maximum atomic E-state index is 12.6. The lowest BCUT2D eigenvalue weighted by Crippen LogP contribution is -2.37. The summed E-state index contributed by atoms with van der Waals surface area (Å²) in [7, 11) is -3.12. The van der Waals surface area contributed by atoms with Gasteiger partial charge in [-0.2, -0.15) is 4.99 Å². The first-order chi connectivity index (χ1) is 13.3. The molecule has 0 unspecified atom stereocenters. The van der Waals surface area contributed by atoms with Crippen molar-refractivity contribution in [1.29, 1.82) is 0 Å². The van der Waals surface area contributed by atoms with E-state index in [9.17, 15) is 13.2 Å². The van der Waals surface area contributed by atoms with Crippen molar-refractivity contribution in [2.45, 2.75) is 17.7 Å². The van der Waals surface area contributed by atoms with Gasteiger partial charge in [0.1, 0.15) is 0 Å². The van der Waals surface area contributed by atoms with Crippen molar-refractivity contribution in [2.75, 3.05) is 16.4 Å². The standard InChI is InChI=1S/C19H16Cl2N2O3S2/c20-13-5-3-6-14(9-13)23-16-10-28(25,26)11-17(16)27-19(23)22-18(24)8-12-4-1-2-7-15(12)21/h1-7,9,16-17H,8,10-11H2/t16-,17+/m0/s1. The predicted octanol–water partition coefficient (Wildman–Crippen LogP) is 3.84. The lowest BCUT2D eigenvalue weighted by molar-refractivity contribution is -0.117. The molecular weight excluding hydrogens is 439 g/mol. The van der Waals surface area contributed by atoms with E-state index in [1.165, 1.54) is 11.8 Å². The summed E-state index contributed by atoms with van der Waals surface area (Å²) in [5, 5.41) is 1.40. The van der Waals surface area contributed by atoms with Crippen molar-refractivity contribution in [3.63, 3.8) is 0 Å². The van der Waals surface area contributed by atoms with E-state index in [1.807, 2.05) is 17.0 Å². The van der Waals surface area contributed by atoms with E-state index in [2.05, 4.69) is 4.99 Å². The Morgan fingerprint density at radius 3 is 2.68 bits per heavy atom. The number of carbonyl (C=O) groups is 1. The van der Waals surface area contributed by atoms with Crippen LogP contribution >= 0.6 is 35.0 Å². The highest BCUT2D eigenvalue weighted by atomic mass is 35.5. The largest absolute Gasteiger partial charge is 0.316 e. The number of hydrogen-bond donors (Lipinski definition) is 0. The quantitative estimate of drug-likeness (QED) is 0.704. The lowest BCUT2D eigenvalue weighted by atomic mass is 10.1. The maximum absolute atomic E-state index is 12.6. The van der Waals surface area contributed by atoms with Gasteiger partial charge in [0.15, 0.2) is 15.0 Å². The Kier molecular flexibility index (Phi) is 5.44. The van der Waals surface area contributed by atoms with E-state index >= 15 is 0 Å². The van der Waals surface area contributed by atoms with Gasteiger partial charge in [-0.3, -0.25) is 4.79 Å². The average Bonchev–Trinajstić information content (AvgIpc) is 3.07. The molecule has 2 aromatic rings. The molecule has 0 radical (unpaired) electrons. The predicted molar refractivity (Wildman–Crippen MR) is 115 cm³/mol. The van der Waals surface area contributed by atoms with Crippen LogP contribution < -0.4 is 4.90 Å². The van der Waals surface area contributed by atoms with Crippen LogP contribution in [-0.4, -0.2) is 42.3 Å². The minimum absolute atomic E-state index is 0.0366. The number of thioether (sulfide) groups is 1. The third kappa shape index (κ3) is 4.08. The van der Waals surface area contributed by atoms with E-state index in [4.69, 9.17) is 23.2 Å². The molecule has 0 N–H and O–H groups in total. The number of fused-ring (bicyclic) bond motifs is 1. The highest BCUT2D eigenvalue weighted by molar-refractivity contribution is 8.16. The summed E-state index contributed by atoms with van der Waals surface area (Å²) in [5.74, 6) is -0.211. The van der Waals surface area contributed by atoms with Crippen LogP contribution in [0.3, 0.4) is 0 Å². The summed E-state index contributed by atoms with van der Waals surface area (Å²) >= 11 is 13.6. The molecule has 2 aromatic carbocycles. The van der Waals surface area contributed by atoms with Crippen LogP contribution in [0.25, 0.3) is 0 Å². The number of sulfone groups is 1. The number of benzene rings is 2. The summed E-state index contributed by atoms with van der Waals surface area (Å²) < 4.78 is 24.2. The van der Waals surface area contributed by atoms with Gasteiger partial charge in [-0.1, -0.05) is 59.2 Å². The van der Waals surface area contributed by atoms with Gasteiger partial charge in [0, 0.05) is 21.0 Å². The van der Waals surface area contributed by atoms with Gasteiger partial charge in [-0.15, -0.1) is 0 Å². The average molecular weight is 455 g/mol. The molecule has 2 aliphatic heterocycles. The molecule has 0 spiro atoms. The van der Waals surface area contributed by atoms with Crippen LogP contribution in [0.2, 0.25) is 10.0 Å². The Morgan fingerprint density at radius 1 is 1.14 bits per heavy atom. The summed E-state index contributed by atoms with van der Waals surface area (Å²) in [5.41, 5.74) is 1.44. The fourth-order valence-electron chi connectivity index (χ4n) is 3.44. The van der Waals surface area contributed by atoms with Crippen LogP contribution in [0.15, 0.2) is 53.5 Å². The fourth-order valence-corrected chi connectivity index (χ4v) is 7.76. The van der Waals surface area contributed by atoms with Gasteiger partial charge in [0.2, 0.25) is 0 Å². The molecule has 1 amide bonds. The van der Waals surface area contributed by atoms with Crippen LogP contribution in [0.5, 0.6) is 0 Å². The second-order valence-electron chi connectivity index (χ2n) is 6.71. The number of amides is 1. The molecule has 0 aromatic heterocycles. The molecular formula is C19H16Cl2N2O3S2. The Bertz CT molecular complexity index is 1070. The third-order valence-corrected chi connectivity index (χ3v) is 8.49. The minimum Gasteiger partial charge on any atom is -0.316 e. The fraction of sp³-hybridized carbons (Fsp3) is 0.263. The molecule has 2 heterocycles.